The van der Waals surface area contributed by atoms with Crippen LogP contribution in [0.2, 0.25) is 0 Å². The maximum Gasteiger partial charge on any atom is 0.289 e. The highest BCUT2D eigenvalue weighted by Crippen LogP contribution is 2.15. The summed E-state index contributed by atoms with van der Waals surface area (Å²) in [4.78, 5) is 15.5. The number of aromatic nitrogens is 1. The van der Waals surface area contributed by atoms with Gasteiger partial charge in [0.05, 0.1) is 6.21 Å². The van der Waals surface area contributed by atoms with Gasteiger partial charge in [-0.15, -0.1) is 0 Å². The van der Waals surface area contributed by atoms with Crippen molar-refractivity contribution in [3.05, 3.63) is 59.4 Å². The number of nitrogens with zero attached hydrogens (tertiary/aromatic N) is 2. The number of pyridine rings is 1. The van der Waals surface area contributed by atoms with Crippen LogP contribution in [0.3, 0.4) is 0 Å². The van der Waals surface area contributed by atoms with E-state index in [0.717, 1.165) is 5.56 Å². The second-order valence-corrected chi connectivity index (χ2v) is 3.98. The molecule has 2 N–H and O–H groups in total. The van der Waals surface area contributed by atoms with E-state index in [9.17, 15) is 9.90 Å². The predicted molar refractivity (Wildman–Crippen MR) is 72.1 cm³/mol. The molecule has 0 aliphatic carbocycles. The Hall–Kier alpha value is -2.69. The Morgan fingerprint density at radius 3 is 2.95 bits per heavy atom. The van der Waals surface area contributed by atoms with Crippen LogP contribution in [0.4, 0.5) is 0 Å². The fourth-order valence-electron chi connectivity index (χ4n) is 1.49. The summed E-state index contributed by atoms with van der Waals surface area (Å²) in [5, 5.41) is 13.4. The number of carbonyl (C=O) groups is 1. The Morgan fingerprint density at radius 2 is 2.21 bits per heavy atom. The lowest BCUT2D eigenvalue weighted by molar-refractivity contribution is 0.0950. The normalized spacial score (nSPS) is 10.6. The number of amides is 1. The fourth-order valence-corrected chi connectivity index (χ4v) is 1.49. The molecule has 1 aromatic heterocycles. The molecule has 0 aliphatic heterocycles. The molecule has 0 spiro atoms. The van der Waals surface area contributed by atoms with Crippen molar-refractivity contribution in [1.29, 1.82) is 0 Å². The molecule has 0 saturated heterocycles. The van der Waals surface area contributed by atoms with E-state index in [1.165, 1.54) is 12.4 Å². The number of aromatic hydroxyl groups is 1. The molecule has 1 aromatic carbocycles. The van der Waals surface area contributed by atoms with Crippen LogP contribution in [0.25, 0.3) is 0 Å². The van der Waals surface area contributed by atoms with Gasteiger partial charge < -0.3 is 5.11 Å². The lowest BCUT2D eigenvalue weighted by atomic mass is 10.1. The summed E-state index contributed by atoms with van der Waals surface area (Å²) in [7, 11) is 0. The van der Waals surface area contributed by atoms with Gasteiger partial charge in [-0.3, -0.25) is 9.78 Å². The molecule has 0 bridgehead atoms. The summed E-state index contributed by atoms with van der Waals surface area (Å²) in [5.41, 5.74) is 4.17. The molecule has 0 saturated carbocycles. The van der Waals surface area contributed by atoms with E-state index in [4.69, 9.17) is 0 Å². The third-order valence-electron chi connectivity index (χ3n) is 2.45. The van der Waals surface area contributed by atoms with Gasteiger partial charge in [-0.2, -0.15) is 5.10 Å². The quantitative estimate of drug-likeness (QED) is 0.649. The number of hydrogen-bond acceptors (Lipinski definition) is 4. The van der Waals surface area contributed by atoms with Gasteiger partial charge in [0.2, 0.25) is 0 Å². The third-order valence-corrected chi connectivity index (χ3v) is 2.45. The van der Waals surface area contributed by atoms with Gasteiger partial charge in [0.25, 0.3) is 5.91 Å². The Bertz CT molecular complexity index is 609. The molecule has 0 fully saturated rings. The zero-order valence-electron chi connectivity index (χ0n) is 10.4. The smallest absolute Gasteiger partial charge is 0.289 e. The van der Waals surface area contributed by atoms with Crippen molar-refractivity contribution in [2.24, 2.45) is 5.10 Å². The zero-order chi connectivity index (χ0) is 13.7. The number of phenolic OH excluding ortho intramolecular Hbond substituents is 1. The van der Waals surface area contributed by atoms with E-state index in [2.05, 4.69) is 15.5 Å². The third kappa shape index (κ3) is 3.38. The molecule has 0 atom stereocenters. The number of benzene rings is 1. The summed E-state index contributed by atoms with van der Waals surface area (Å²) in [6.07, 6.45) is 2.92. The van der Waals surface area contributed by atoms with E-state index in [1.54, 1.807) is 36.4 Å². The van der Waals surface area contributed by atoms with Crippen LogP contribution in [0.5, 0.6) is 5.75 Å². The first-order valence-corrected chi connectivity index (χ1v) is 5.71. The largest absolute Gasteiger partial charge is 0.507 e. The standard InChI is InChI=1S/C14H13N3O2/c1-10-5-6-13(18)11(8-10)9-16-17-14(19)12-4-2-3-7-15-12/h2-9,18H,1H3,(H,17,19)/b16-9-. The summed E-state index contributed by atoms with van der Waals surface area (Å²) in [5.74, 6) is -0.287. The van der Waals surface area contributed by atoms with Crippen LogP contribution in [0, 0.1) is 6.92 Å². The molecule has 0 aliphatic rings. The minimum Gasteiger partial charge on any atom is -0.507 e. The topological polar surface area (TPSA) is 74.6 Å². The molecule has 2 rings (SSSR count). The lowest BCUT2D eigenvalue weighted by Gasteiger charge is -2.01. The first-order chi connectivity index (χ1) is 9.16. The van der Waals surface area contributed by atoms with Gasteiger partial charge >= 0.3 is 0 Å². The lowest BCUT2D eigenvalue weighted by Crippen LogP contribution is -2.18. The van der Waals surface area contributed by atoms with Crippen LogP contribution in [0.1, 0.15) is 21.6 Å². The SMILES string of the molecule is Cc1ccc(O)c(/C=N\NC(=O)c2ccccn2)c1. The van der Waals surface area contributed by atoms with Crippen molar-refractivity contribution >= 4 is 12.1 Å². The maximum absolute atomic E-state index is 11.6. The first kappa shape index (κ1) is 12.8. The van der Waals surface area contributed by atoms with Gasteiger partial charge in [0, 0.05) is 11.8 Å². The number of aryl methyl sites for hydroxylation is 1. The highest BCUT2D eigenvalue weighted by atomic mass is 16.3. The van der Waals surface area contributed by atoms with E-state index in [-0.39, 0.29) is 11.4 Å². The molecule has 5 nitrogen and oxygen atoms in total. The number of rotatable bonds is 3. The van der Waals surface area contributed by atoms with Crippen LogP contribution < -0.4 is 5.43 Å². The molecule has 2 aromatic rings. The summed E-state index contributed by atoms with van der Waals surface area (Å²) < 4.78 is 0. The average Bonchev–Trinajstić information content (AvgIpc) is 2.43. The van der Waals surface area contributed by atoms with Gasteiger partial charge in [0.1, 0.15) is 11.4 Å². The molecule has 1 heterocycles. The van der Waals surface area contributed by atoms with Crippen molar-refractivity contribution in [3.8, 4) is 5.75 Å². The number of phenols is 1. The van der Waals surface area contributed by atoms with E-state index in [1.807, 2.05) is 6.92 Å². The van der Waals surface area contributed by atoms with Gasteiger partial charge in [0.15, 0.2) is 0 Å². The summed E-state index contributed by atoms with van der Waals surface area (Å²) in [6, 6.07) is 10.2. The Labute approximate surface area is 110 Å². The molecule has 5 heteroatoms. The van der Waals surface area contributed by atoms with Crippen molar-refractivity contribution < 1.29 is 9.90 Å². The monoisotopic (exact) mass is 255 g/mol. The molecule has 96 valence electrons. The highest BCUT2D eigenvalue weighted by Gasteiger charge is 2.04. The number of nitrogens with one attached hydrogen (secondary N) is 1. The Kier molecular flexibility index (Phi) is 3.87. The average molecular weight is 255 g/mol. The summed E-state index contributed by atoms with van der Waals surface area (Å²) >= 11 is 0. The molecular formula is C14H13N3O2. The van der Waals surface area contributed by atoms with Crippen molar-refractivity contribution in [2.75, 3.05) is 0 Å². The highest BCUT2D eigenvalue weighted by molar-refractivity contribution is 5.93. The van der Waals surface area contributed by atoms with Gasteiger partial charge in [-0.05, 0) is 31.2 Å². The second-order valence-electron chi connectivity index (χ2n) is 3.98. The molecular weight excluding hydrogens is 242 g/mol. The maximum atomic E-state index is 11.6. The zero-order valence-corrected chi connectivity index (χ0v) is 10.4. The van der Waals surface area contributed by atoms with E-state index in [0.29, 0.717) is 5.56 Å². The molecule has 0 radical (unpaired) electrons. The first-order valence-electron chi connectivity index (χ1n) is 5.71. The van der Waals surface area contributed by atoms with E-state index < -0.39 is 5.91 Å². The van der Waals surface area contributed by atoms with Crippen LogP contribution in [-0.4, -0.2) is 22.2 Å². The number of hydrazone groups is 1. The van der Waals surface area contributed by atoms with Crippen LogP contribution in [0.15, 0.2) is 47.7 Å². The second kappa shape index (κ2) is 5.77. The molecule has 1 amide bonds. The summed E-state index contributed by atoms with van der Waals surface area (Å²) in [6.45, 7) is 1.91. The Morgan fingerprint density at radius 1 is 1.37 bits per heavy atom. The minimum absolute atomic E-state index is 0.112. The fraction of sp³-hybridized carbons (Fsp3) is 0.0714. The van der Waals surface area contributed by atoms with Gasteiger partial charge in [-0.25, -0.2) is 5.43 Å². The van der Waals surface area contributed by atoms with Crippen molar-refractivity contribution in [3.63, 3.8) is 0 Å². The van der Waals surface area contributed by atoms with Crippen LogP contribution >= 0.6 is 0 Å². The number of hydrogen-bond donors (Lipinski definition) is 2. The predicted octanol–water partition coefficient (Wildman–Crippen LogP) is 1.86. The Balaban J connectivity index is 2.04. The van der Waals surface area contributed by atoms with Crippen molar-refractivity contribution in [1.82, 2.24) is 10.4 Å². The van der Waals surface area contributed by atoms with E-state index >= 15 is 0 Å². The molecule has 0 unspecified atom stereocenters. The minimum atomic E-state index is -0.399. The number of carbonyl (C=O) groups excluding carboxylic acids is 1. The molecule has 19 heavy (non-hydrogen) atoms. The van der Waals surface area contributed by atoms with Crippen molar-refractivity contribution in [2.45, 2.75) is 6.92 Å². The van der Waals surface area contributed by atoms with Gasteiger partial charge in [-0.1, -0.05) is 17.7 Å². The van der Waals surface area contributed by atoms with Crippen LogP contribution in [-0.2, 0) is 0 Å².